The number of ether oxygens (including phenoxy) is 1. The molecule has 0 unspecified atom stereocenters. The number of carbonyl (C=O) groups is 4. The monoisotopic (exact) mass is 545 g/mol. The number of thioether (sulfide) groups is 1. The van der Waals surface area contributed by atoms with Crippen molar-refractivity contribution in [1.29, 1.82) is 0 Å². The van der Waals surface area contributed by atoms with Gasteiger partial charge < -0.3 is 30.9 Å². The molecule has 5 N–H and O–H groups in total. The van der Waals surface area contributed by atoms with Crippen molar-refractivity contribution in [1.82, 2.24) is 16.0 Å². The van der Waals surface area contributed by atoms with E-state index in [1.165, 1.54) is 37.1 Å². The summed E-state index contributed by atoms with van der Waals surface area (Å²) in [5.41, 5.74) is 0.690. The quantitative estimate of drug-likeness (QED) is 0.242. The fraction of sp³-hybridized carbons (Fsp3) is 0.407. The van der Waals surface area contributed by atoms with Gasteiger partial charge in [0.15, 0.2) is 11.5 Å². The van der Waals surface area contributed by atoms with E-state index in [1.807, 2.05) is 12.3 Å². The van der Waals surface area contributed by atoms with E-state index < -0.39 is 41.8 Å². The zero-order valence-electron chi connectivity index (χ0n) is 21.9. The molecule has 0 fully saturated rings. The van der Waals surface area contributed by atoms with E-state index in [-0.39, 0.29) is 35.8 Å². The highest BCUT2D eigenvalue weighted by molar-refractivity contribution is 7.98. The standard InChI is InChI=1S/C27H35N3O7S/c1-16(2)22(30-24(32)18-11-8-12-21(37-3)23(18)31)26(34)29-20(15-17-9-6-5-7-10-17)25(33)28-19(27(35)36)13-14-38-4/h5-12,16,19-20,22,31H,13-15H2,1-4H3,(H,28,33)(H,29,34)(H,30,32)(H,35,36)/t19-,20-,22-/m0/s1. The summed E-state index contributed by atoms with van der Waals surface area (Å²) in [5.74, 6) is -3.21. The molecule has 0 heterocycles. The van der Waals surface area contributed by atoms with E-state index in [1.54, 1.807) is 38.1 Å². The number of aliphatic carboxylic acids is 1. The van der Waals surface area contributed by atoms with E-state index in [4.69, 9.17) is 4.74 Å². The van der Waals surface area contributed by atoms with E-state index >= 15 is 0 Å². The van der Waals surface area contributed by atoms with Crippen LogP contribution in [0, 0.1) is 5.92 Å². The van der Waals surface area contributed by atoms with Crippen LogP contribution >= 0.6 is 11.8 Å². The number of phenols is 1. The number of rotatable bonds is 14. The normalized spacial score (nSPS) is 13.2. The first-order valence-electron chi connectivity index (χ1n) is 12.1. The molecule has 0 saturated carbocycles. The number of phenolic OH excluding ortho intramolecular Hbond substituents is 1. The van der Waals surface area contributed by atoms with Crippen LogP contribution in [0.2, 0.25) is 0 Å². The van der Waals surface area contributed by atoms with Crippen LogP contribution in [-0.4, -0.2) is 71.1 Å². The molecule has 2 aromatic carbocycles. The number of aromatic hydroxyl groups is 1. The second-order valence-electron chi connectivity index (χ2n) is 8.98. The van der Waals surface area contributed by atoms with Crippen molar-refractivity contribution in [3.8, 4) is 11.5 Å². The van der Waals surface area contributed by atoms with Crippen molar-refractivity contribution in [2.24, 2.45) is 5.92 Å². The molecule has 0 aliphatic carbocycles. The summed E-state index contributed by atoms with van der Waals surface area (Å²) in [7, 11) is 1.36. The van der Waals surface area contributed by atoms with Crippen molar-refractivity contribution in [3.63, 3.8) is 0 Å². The number of carboxylic acid groups (broad SMARTS) is 1. The molecule has 2 rings (SSSR count). The van der Waals surface area contributed by atoms with Gasteiger partial charge in [0.25, 0.3) is 5.91 Å². The third-order valence-electron chi connectivity index (χ3n) is 5.84. The van der Waals surface area contributed by atoms with Crippen LogP contribution in [0.5, 0.6) is 11.5 Å². The summed E-state index contributed by atoms with van der Waals surface area (Å²) >= 11 is 1.46. The third kappa shape index (κ3) is 8.69. The Morgan fingerprint density at radius 2 is 1.58 bits per heavy atom. The highest BCUT2D eigenvalue weighted by Gasteiger charge is 2.31. The Hall–Kier alpha value is -3.73. The molecule has 0 aromatic heterocycles. The summed E-state index contributed by atoms with van der Waals surface area (Å²) < 4.78 is 5.05. The van der Waals surface area contributed by atoms with Gasteiger partial charge in [-0.3, -0.25) is 14.4 Å². The van der Waals surface area contributed by atoms with Crippen LogP contribution in [0.25, 0.3) is 0 Å². The van der Waals surface area contributed by atoms with Gasteiger partial charge in [-0.1, -0.05) is 50.2 Å². The molecule has 11 heteroatoms. The maximum atomic E-state index is 13.3. The summed E-state index contributed by atoms with van der Waals surface area (Å²) in [6.07, 6.45) is 2.18. The molecule has 3 atom stereocenters. The molecule has 0 saturated heterocycles. The minimum atomic E-state index is -1.16. The summed E-state index contributed by atoms with van der Waals surface area (Å²) in [5, 5.41) is 27.7. The molecule has 0 bridgehead atoms. The van der Waals surface area contributed by atoms with Crippen LogP contribution in [0.4, 0.5) is 0 Å². The fourth-order valence-corrected chi connectivity index (χ4v) is 4.18. The van der Waals surface area contributed by atoms with Crippen LogP contribution in [0.3, 0.4) is 0 Å². The van der Waals surface area contributed by atoms with Gasteiger partial charge >= 0.3 is 5.97 Å². The third-order valence-corrected chi connectivity index (χ3v) is 6.48. The molecule has 0 spiro atoms. The molecule has 10 nitrogen and oxygen atoms in total. The molecule has 206 valence electrons. The molecular formula is C27H35N3O7S. The topological polar surface area (TPSA) is 154 Å². The zero-order valence-corrected chi connectivity index (χ0v) is 22.7. The maximum absolute atomic E-state index is 13.3. The number of methoxy groups -OCH3 is 1. The summed E-state index contributed by atoms with van der Waals surface area (Å²) in [6.45, 7) is 3.45. The Bertz CT molecular complexity index is 1110. The van der Waals surface area contributed by atoms with Gasteiger partial charge in [-0.05, 0) is 42.0 Å². The van der Waals surface area contributed by atoms with Crippen LogP contribution < -0.4 is 20.7 Å². The van der Waals surface area contributed by atoms with Crippen LogP contribution in [0.1, 0.15) is 36.2 Å². The summed E-state index contributed by atoms with van der Waals surface area (Å²) in [6, 6.07) is 10.2. The average Bonchev–Trinajstić information content (AvgIpc) is 2.89. The molecule has 0 aliphatic rings. The number of para-hydroxylation sites is 1. The van der Waals surface area contributed by atoms with Crippen molar-refractivity contribution in [2.45, 2.75) is 44.8 Å². The first-order chi connectivity index (χ1) is 18.1. The highest BCUT2D eigenvalue weighted by atomic mass is 32.2. The SMILES string of the molecule is COc1cccc(C(=O)N[C@H](C(=O)N[C@@H](Cc2ccccc2)C(=O)N[C@@H](CCSC)C(=O)O)C(C)C)c1O. The number of amides is 3. The number of hydrogen-bond donors (Lipinski definition) is 5. The minimum Gasteiger partial charge on any atom is -0.504 e. The van der Waals surface area contributed by atoms with Gasteiger partial charge in [0, 0.05) is 6.42 Å². The molecule has 0 aliphatic heterocycles. The van der Waals surface area contributed by atoms with Crippen molar-refractivity contribution in [3.05, 3.63) is 59.7 Å². The van der Waals surface area contributed by atoms with Crippen molar-refractivity contribution >= 4 is 35.5 Å². The Morgan fingerprint density at radius 1 is 0.921 bits per heavy atom. The lowest BCUT2D eigenvalue weighted by Crippen LogP contribution is -2.57. The smallest absolute Gasteiger partial charge is 0.326 e. The highest BCUT2D eigenvalue weighted by Crippen LogP contribution is 2.29. The molecule has 38 heavy (non-hydrogen) atoms. The number of carboxylic acids is 1. The van der Waals surface area contributed by atoms with E-state index in [2.05, 4.69) is 16.0 Å². The minimum absolute atomic E-state index is 0.0699. The predicted molar refractivity (Wildman–Crippen MR) is 145 cm³/mol. The molecule has 3 amide bonds. The first-order valence-corrected chi connectivity index (χ1v) is 13.5. The summed E-state index contributed by atoms with van der Waals surface area (Å²) in [4.78, 5) is 51.1. The van der Waals surface area contributed by atoms with Crippen molar-refractivity contribution in [2.75, 3.05) is 19.1 Å². The van der Waals surface area contributed by atoms with Gasteiger partial charge in [-0.2, -0.15) is 11.8 Å². The lowest BCUT2D eigenvalue weighted by atomic mass is 10.00. The second-order valence-corrected chi connectivity index (χ2v) is 9.97. The Morgan fingerprint density at radius 3 is 2.16 bits per heavy atom. The molecular weight excluding hydrogens is 510 g/mol. The molecule has 0 radical (unpaired) electrons. The van der Waals surface area contributed by atoms with Gasteiger partial charge in [0.05, 0.1) is 12.7 Å². The second kappa shape index (κ2) is 14.9. The lowest BCUT2D eigenvalue weighted by molar-refractivity contribution is -0.142. The number of nitrogens with one attached hydrogen (secondary N) is 3. The first kappa shape index (κ1) is 30.5. The fourth-order valence-electron chi connectivity index (χ4n) is 3.71. The van der Waals surface area contributed by atoms with E-state index in [0.29, 0.717) is 5.75 Å². The van der Waals surface area contributed by atoms with Crippen LogP contribution in [0.15, 0.2) is 48.5 Å². The zero-order chi connectivity index (χ0) is 28.2. The lowest BCUT2D eigenvalue weighted by Gasteiger charge is -2.26. The Labute approximate surface area is 226 Å². The average molecular weight is 546 g/mol. The number of benzene rings is 2. The number of hydrogen-bond acceptors (Lipinski definition) is 7. The largest absolute Gasteiger partial charge is 0.504 e. The Balaban J connectivity index is 2.26. The van der Waals surface area contributed by atoms with E-state index in [0.717, 1.165) is 5.56 Å². The van der Waals surface area contributed by atoms with Gasteiger partial charge in [-0.25, -0.2) is 4.79 Å². The van der Waals surface area contributed by atoms with Gasteiger partial charge in [-0.15, -0.1) is 0 Å². The maximum Gasteiger partial charge on any atom is 0.326 e. The van der Waals surface area contributed by atoms with Gasteiger partial charge in [0.1, 0.15) is 18.1 Å². The molecule has 2 aromatic rings. The van der Waals surface area contributed by atoms with Gasteiger partial charge in [0.2, 0.25) is 11.8 Å². The number of carbonyl (C=O) groups excluding carboxylic acids is 3. The van der Waals surface area contributed by atoms with E-state index in [9.17, 15) is 29.4 Å². The van der Waals surface area contributed by atoms with Crippen molar-refractivity contribution < 1.29 is 34.1 Å². The Kier molecular flexibility index (Phi) is 11.9. The van der Waals surface area contributed by atoms with Crippen LogP contribution in [-0.2, 0) is 20.8 Å². The predicted octanol–water partition coefficient (Wildman–Crippen LogP) is 2.21.